The number of benzene rings is 1. The first-order valence-corrected chi connectivity index (χ1v) is 5.92. The van der Waals surface area contributed by atoms with E-state index in [4.69, 9.17) is 5.73 Å². The first kappa shape index (κ1) is 13.0. The van der Waals surface area contributed by atoms with Gasteiger partial charge in [-0.2, -0.15) is 0 Å². The molecule has 0 spiro atoms. The molecule has 1 rings (SSSR count). The topological polar surface area (TPSA) is 29.3 Å². The third-order valence-electron chi connectivity index (χ3n) is 3.35. The second kappa shape index (κ2) is 4.88. The highest BCUT2D eigenvalue weighted by Gasteiger charge is 2.21. The number of likely N-dealkylation sites (N-methyl/N-ethyl adjacent to an activating group) is 1. The maximum Gasteiger partial charge on any atom is 0.0464 e. The van der Waals surface area contributed by atoms with Gasteiger partial charge in [-0.25, -0.2) is 0 Å². The van der Waals surface area contributed by atoms with Crippen LogP contribution in [0, 0.1) is 0 Å². The van der Waals surface area contributed by atoms with Crippen LogP contribution in [0.4, 0.5) is 5.69 Å². The van der Waals surface area contributed by atoms with Crippen molar-refractivity contribution in [3.05, 3.63) is 29.8 Å². The first-order chi connectivity index (χ1) is 7.38. The summed E-state index contributed by atoms with van der Waals surface area (Å²) in [6.07, 6.45) is 0. The second-order valence-corrected chi connectivity index (χ2v) is 5.32. The number of rotatable bonds is 4. The van der Waals surface area contributed by atoms with Crippen LogP contribution in [0.3, 0.4) is 0 Å². The number of anilines is 1. The maximum absolute atomic E-state index is 5.78. The second-order valence-electron chi connectivity index (χ2n) is 5.32. The van der Waals surface area contributed by atoms with Crippen molar-refractivity contribution in [1.29, 1.82) is 0 Å². The average molecular weight is 220 g/mol. The lowest BCUT2D eigenvalue weighted by molar-refractivity contribution is 0.498. The Labute approximate surface area is 99.5 Å². The highest BCUT2D eigenvalue weighted by Crippen LogP contribution is 2.24. The summed E-state index contributed by atoms with van der Waals surface area (Å²) in [7, 11) is 2.09. The van der Waals surface area contributed by atoms with E-state index in [2.05, 4.69) is 63.9 Å². The van der Waals surface area contributed by atoms with E-state index in [0.29, 0.717) is 12.5 Å². The zero-order chi connectivity index (χ0) is 12.3. The minimum Gasteiger partial charge on any atom is -0.368 e. The maximum atomic E-state index is 5.78. The van der Waals surface area contributed by atoms with E-state index in [1.54, 1.807) is 0 Å². The van der Waals surface area contributed by atoms with Crippen LogP contribution in [0.2, 0.25) is 0 Å². The molecule has 0 radical (unpaired) electrons. The van der Waals surface area contributed by atoms with Crippen LogP contribution in [0.5, 0.6) is 0 Å². The van der Waals surface area contributed by atoms with Crippen LogP contribution in [-0.2, 0) is 0 Å². The average Bonchev–Trinajstić information content (AvgIpc) is 2.28. The molecule has 0 amide bonds. The molecule has 2 nitrogen and oxygen atoms in total. The van der Waals surface area contributed by atoms with Gasteiger partial charge in [0, 0.05) is 24.8 Å². The summed E-state index contributed by atoms with van der Waals surface area (Å²) in [5, 5.41) is 0. The van der Waals surface area contributed by atoms with Crippen LogP contribution in [0.1, 0.15) is 39.2 Å². The Hall–Kier alpha value is -1.02. The number of hydrogen-bond donors (Lipinski definition) is 1. The van der Waals surface area contributed by atoms with E-state index in [9.17, 15) is 0 Å². The summed E-state index contributed by atoms with van der Waals surface area (Å²) < 4.78 is 0. The summed E-state index contributed by atoms with van der Waals surface area (Å²) in [6.45, 7) is 9.38. The van der Waals surface area contributed by atoms with Crippen molar-refractivity contribution in [2.45, 2.75) is 39.2 Å². The lowest BCUT2D eigenvalue weighted by Gasteiger charge is -2.36. The molecule has 1 aromatic carbocycles. The zero-order valence-electron chi connectivity index (χ0n) is 11.1. The van der Waals surface area contributed by atoms with Gasteiger partial charge >= 0.3 is 0 Å². The molecule has 0 fully saturated rings. The van der Waals surface area contributed by atoms with Gasteiger partial charge in [-0.05, 0) is 37.5 Å². The highest BCUT2D eigenvalue weighted by molar-refractivity contribution is 5.49. The van der Waals surface area contributed by atoms with E-state index in [0.717, 1.165) is 0 Å². The molecule has 0 saturated heterocycles. The monoisotopic (exact) mass is 220 g/mol. The van der Waals surface area contributed by atoms with Crippen molar-refractivity contribution in [3.8, 4) is 0 Å². The lowest BCUT2D eigenvalue weighted by Crippen LogP contribution is -2.47. The van der Waals surface area contributed by atoms with Crippen molar-refractivity contribution < 1.29 is 0 Å². The molecule has 90 valence electrons. The number of nitrogens with two attached hydrogens (primary N) is 1. The molecule has 0 heterocycles. The largest absolute Gasteiger partial charge is 0.368 e. The van der Waals surface area contributed by atoms with Gasteiger partial charge in [0.2, 0.25) is 0 Å². The Morgan fingerprint density at radius 1 is 1.19 bits per heavy atom. The molecule has 0 atom stereocenters. The molecule has 2 N–H and O–H groups in total. The predicted molar refractivity (Wildman–Crippen MR) is 72.1 cm³/mol. The van der Waals surface area contributed by atoms with Crippen LogP contribution in [-0.4, -0.2) is 19.1 Å². The fraction of sp³-hybridized carbons (Fsp3) is 0.571. The summed E-state index contributed by atoms with van der Waals surface area (Å²) in [6, 6.07) is 8.74. The van der Waals surface area contributed by atoms with Gasteiger partial charge in [0.1, 0.15) is 0 Å². The summed E-state index contributed by atoms with van der Waals surface area (Å²) >= 11 is 0. The smallest absolute Gasteiger partial charge is 0.0464 e. The Bertz CT molecular complexity index is 325. The number of hydrogen-bond acceptors (Lipinski definition) is 2. The van der Waals surface area contributed by atoms with Crippen molar-refractivity contribution >= 4 is 5.69 Å². The quantitative estimate of drug-likeness (QED) is 0.845. The van der Waals surface area contributed by atoms with Crippen LogP contribution in [0.25, 0.3) is 0 Å². The molecule has 16 heavy (non-hydrogen) atoms. The van der Waals surface area contributed by atoms with Crippen molar-refractivity contribution in [1.82, 2.24) is 0 Å². The van der Waals surface area contributed by atoms with Crippen molar-refractivity contribution in [2.75, 3.05) is 18.5 Å². The molecular formula is C14H24N2. The minimum absolute atomic E-state index is 0.000647. The van der Waals surface area contributed by atoms with Gasteiger partial charge in [0.15, 0.2) is 0 Å². The molecule has 1 aromatic rings. The Morgan fingerprint density at radius 2 is 1.69 bits per heavy atom. The molecule has 0 bridgehead atoms. The lowest BCUT2D eigenvalue weighted by atomic mass is 10.0. The molecular weight excluding hydrogens is 196 g/mol. The summed E-state index contributed by atoms with van der Waals surface area (Å²) in [5.41, 5.74) is 8.38. The molecule has 0 aliphatic carbocycles. The Balaban J connectivity index is 2.90. The van der Waals surface area contributed by atoms with Crippen molar-refractivity contribution in [2.24, 2.45) is 5.73 Å². The van der Waals surface area contributed by atoms with Gasteiger partial charge < -0.3 is 10.6 Å². The van der Waals surface area contributed by atoms with Crippen LogP contribution >= 0.6 is 0 Å². The van der Waals surface area contributed by atoms with E-state index >= 15 is 0 Å². The molecule has 0 aliphatic heterocycles. The Morgan fingerprint density at radius 3 is 2.06 bits per heavy atom. The molecule has 0 aromatic heterocycles. The Kier molecular flexibility index (Phi) is 3.98. The van der Waals surface area contributed by atoms with Crippen LogP contribution in [0.15, 0.2) is 24.3 Å². The standard InChI is InChI=1S/C14H24N2/c1-11(2)12-6-8-13(9-7-12)16(5)14(3,4)10-15/h6-9,11H,10,15H2,1-5H3. The SMILES string of the molecule is CC(C)c1ccc(N(C)C(C)(C)CN)cc1. The highest BCUT2D eigenvalue weighted by atomic mass is 15.2. The number of nitrogens with zero attached hydrogens (tertiary/aromatic N) is 1. The molecule has 0 aliphatic rings. The van der Waals surface area contributed by atoms with Gasteiger partial charge in [-0.15, -0.1) is 0 Å². The van der Waals surface area contributed by atoms with Gasteiger partial charge in [-0.1, -0.05) is 26.0 Å². The predicted octanol–water partition coefficient (Wildman–Crippen LogP) is 2.98. The summed E-state index contributed by atoms with van der Waals surface area (Å²) in [5.74, 6) is 0.585. The third kappa shape index (κ3) is 2.76. The molecule has 0 unspecified atom stereocenters. The normalized spacial score (nSPS) is 11.9. The van der Waals surface area contributed by atoms with Gasteiger partial charge in [0.25, 0.3) is 0 Å². The van der Waals surface area contributed by atoms with E-state index < -0.39 is 0 Å². The fourth-order valence-electron chi connectivity index (χ4n) is 1.57. The molecule has 2 heteroatoms. The van der Waals surface area contributed by atoms with Gasteiger partial charge in [0.05, 0.1) is 0 Å². The van der Waals surface area contributed by atoms with E-state index in [1.807, 2.05) is 0 Å². The van der Waals surface area contributed by atoms with E-state index in [-0.39, 0.29) is 5.54 Å². The third-order valence-corrected chi connectivity index (χ3v) is 3.35. The van der Waals surface area contributed by atoms with Crippen LogP contribution < -0.4 is 10.6 Å². The zero-order valence-corrected chi connectivity index (χ0v) is 11.1. The minimum atomic E-state index is -0.000647. The van der Waals surface area contributed by atoms with Gasteiger partial charge in [-0.3, -0.25) is 0 Å². The fourth-order valence-corrected chi connectivity index (χ4v) is 1.57. The molecule has 0 saturated carbocycles. The summed E-state index contributed by atoms with van der Waals surface area (Å²) in [4.78, 5) is 2.23. The van der Waals surface area contributed by atoms with E-state index in [1.165, 1.54) is 11.3 Å². The first-order valence-electron chi connectivity index (χ1n) is 5.92. The van der Waals surface area contributed by atoms with Crippen molar-refractivity contribution in [3.63, 3.8) is 0 Å².